The Morgan fingerprint density at radius 3 is 2.57 bits per heavy atom. The van der Waals surface area contributed by atoms with Gasteiger partial charge < -0.3 is 5.73 Å². The molecule has 0 amide bonds. The molecular formula is C14H15FN2O2S2. The molecule has 0 aliphatic heterocycles. The Hall–Kier alpha value is -1.73. The summed E-state index contributed by atoms with van der Waals surface area (Å²) < 4.78 is 40.8. The molecule has 0 atom stereocenters. The quantitative estimate of drug-likeness (QED) is 0.668. The minimum atomic E-state index is -3.83. The highest BCUT2D eigenvalue weighted by atomic mass is 32.2. The van der Waals surface area contributed by atoms with Crippen LogP contribution in [0.25, 0.3) is 0 Å². The van der Waals surface area contributed by atoms with Crippen molar-refractivity contribution in [3.8, 4) is 0 Å². The van der Waals surface area contributed by atoms with E-state index in [9.17, 15) is 12.8 Å². The smallest absolute Gasteiger partial charge is 0.262 e. The molecule has 0 heterocycles. The molecule has 7 heteroatoms. The van der Waals surface area contributed by atoms with Crippen LogP contribution in [0.2, 0.25) is 0 Å². The largest absolute Gasteiger partial charge is 0.396 e. The zero-order valence-corrected chi connectivity index (χ0v) is 13.2. The molecule has 21 heavy (non-hydrogen) atoms. The molecule has 0 radical (unpaired) electrons. The van der Waals surface area contributed by atoms with Crippen LogP contribution in [0.5, 0.6) is 0 Å². The van der Waals surface area contributed by atoms with E-state index in [2.05, 4.69) is 4.72 Å². The lowest BCUT2D eigenvalue weighted by Crippen LogP contribution is -2.15. The van der Waals surface area contributed by atoms with E-state index < -0.39 is 15.8 Å². The number of hydrogen-bond donors (Lipinski definition) is 2. The number of nitrogen functional groups attached to an aromatic ring is 1. The highest BCUT2D eigenvalue weighted by Crippen LogP contribution is 2.29. The average molecular weight is 326 g/mol. The zero-order valence-electron chi connectivity index (χ0n) is 11.6. The van der Waals surface area contributed by atoms with Gasteiger partial charge in [-0.05, 0) is 43.0 Å². The Morgan fingerprint density at radius 2 is 1.90 bits per heavy atom. The lowest BCUT2D eigenvalue weighted by Gasteiger charge is -2.13. The molecule has 2 aromatic rings. The van der Waals surface area contributed by atoms with Crippen LogP contribution in [0.3, 0.4) is 0 Å². The summed E-state index contributed by atoms with van der Waals surface area (Å²) in [5.74, 6) is -0.629. The monoisotopic (exact) mass is 326 g/mol. The maximum Gasteiger partial charge on any atom is 0.262 e. The van der Waals surface area contributed by atoms with E-state index in [1.807, 2.05) is 18.4 Å². The first-order chi connectivity index (χ1) is 9.85. The second-order valence-electron chi connectivity index (χ2n) is 4.45. The molecule has 0 spiro atoms. The molecule has 2 aromatic carbocycles. The second kappa shape index (κ2) is 5.95. The van der Waals surface area contributed by atoms with Gasteiger partial charge in [0.15, 0.2) is 0 Å². The highest BCUT2D eigenvalue weighted by molar-refractivity contribution is 7.99. The third-order valence-electron chi connectivity index (χ3n) is 2.94. The number of sulfonamides is 1. The van der Waals surface area contributed by atoms with Gasteiger partial charge in [-0.25, -0.2) is 12.8 Å². The topological polar surface area (TPSA) is 72.2 Å². The van der Waals surface area contributed by atoms with E-state index in [0.717, 1.165) is 17.0 Å². The first kappa shape index (κ1) is 15.7. The Balaban J connectivity index is 2.46. The molecule has 0 aliphatic carbocycles. The normalized spacial score (nSPS) is 11.4. The van der Waals surface area contributed by atoms with Crippen molar-refractivity contribution in [1.29, 1.82) is 0 Å². The fourth-order valence-corrected chi connectivity index (χ4v) is 3.85. The van der Waals surface area contributed by atoms with Crippen molar-refractivity contribution in [2.24, 2.45) is 0 Å². The molecule has 0 unspecified atom stereocenters. The molecule has 0 saturated heterocycles. The van der Waals surface area contributed by atoms with Crippen molar-refractivity contribution in [2.75, 3.05) is 16.7 Å². The molecule has 0 fully saturated rings. The summed E-state index contributed by atoms with van der Waals surface area (Å²) in [7, 11) is -3.83. The molecule has 4 nitrogen and oxygen atoms in total. The van der Waals surface area contributed by atoms with Crippen molar-refractivity contribution in [2.45, 2.75) is 16.7 Å². The van der Waals surface area contributed by atoms with Crippen LogP contribution in [-0.2, 0) is 10.0 Å². The van der Waals surface area contributed by atoms with Gasteiger partial charge in [-0.15, -0.1) is 11.8 Å². The fraction of sp³-hybridized carbons (Fsp3) is 0.143. The number of nitrogens with one attached hydrogen (secondary N) is 1. The summed E-state index contributed by atoms with van der Waals surface area (Å²) in [4.78, 5) is 0.770. The predicted molar refractivity (Wildman–Crippen MR) is 84.6 cm³/mol. The van der Waals surface area contributed by atoms with Gasteiger partial charge in [0.1, 0.15) is 5.82 Å². The van der Waals surface area contributed by atoms with Gasteiger partial charge in [0.25, 0.3) is 10.0 Å². The lowest BCUT2D eigenvalue weighted by atomic mass is 10.2. The van der Waals surface area contributed by atoms with Gasteiger partial charge in [-0.1, -0.05) is 12.1 Å². The average Bonchev–Trinajstić information content (AvgIpc) is 2.43. The fourth-order valence-electron chi connectivity index (χ4n) is 1.89. The SMILES string of the molecule is CSc1ccccc1NS(=O)(=O)c1cc(N)c(F)cc1C. The Labute approximate surface area is 127 Å². The Kier molecular flexibility index (Phi) is 4.43. The summed E-state index contributed by atoms with van der Waals surface area (Å²) in [5, 5.41) is 0. The van der Waals surface area contributed by atoms with Crippen LogP contribution in [0.1, 0.15) is 5.56 Å². The van der Waals surface area contributed by atoms with E-state index in [1.165, 1.54) is 18.7 Å². The van der Waals surface area contributed by atoms with Gasteiger partial charge in [0.05, 0.1) is 16.3 Å². The maximum absolute atomic E-state index is 13.3. The van der Waals surface area contributed by atoms with Crippen LogP contribution in [0.15, 0.2) is 46.2 Å². The molecule has 2 rings (SSSR count). The third kappa shape index (κ3) is 3.30. The van der Waals surface area contributed by atoms with E-state index >= 15 is 0 Å². The molecular weight excluding hydrogens is 311 g/mol. The van der Waals surface area contributed by atoms with Crippen LogP contribution in [0, 0.1) is 12.7 Å². The molecule has 3 N–H and O–H groups in total. The van der Waals surface area contributed by atoms with Gasteiger partial charge in [-0.3, -0.25) is 4.72 Å². The summed E-state index contributed by atoms with van der Waals surface area (Å²) in [6.45, 7) is 1.53. The molecule has 0 bridgehead atoms. The number of para-hydroxylation sites is 1. The number of nitrogens with two attached hydrogens (primary N) is 1. The zero-order chi connectivity index (χ0) is 15.6. The van der Waals surface area contributed by atoms with E-state index in [4.69, 9.17) is 5.73 Å². The number of rotatable bonds is 4. The van der Waals surface area contributed by atoms with E-state index in [0.29, 0.717) is 11.3 Å². The first-order valence-corrected chi connectivity index (χ1v) is 8.77. The van der Waals surface area contributed by atoms with Gasteiger partial charge in [-0.2, -0.15) is 0 Å². The number of anilines is 2. The van der Waals surface area contributed by atoms with Crippen LogP contribution < -0.4 is 10.5 Å². The number of hydrogen-bond acceptors (Lipinski definition) is 4. The summed E-state index contributed by atoms with van der Waals surface area (Å²) in [6, 6.07) is 9.30. The number of halogens is 1. The minimum Gasteiger partial charge on any atom is -0.396 e. The van der Waals surface area contributed by atoms with Crippen LogP contribution in [-0.4, -0.2) is 14.7 Å². The van der Waals surface area contributed by atoms with Crippen LogP contribution in [0.4, 0.5) is 15.8 Å². The number of aryl methyl sites for hydroxylation is 1. The van der Waals surface area contributed by atoms with Crippen molar-refractivity contribution in [3.05, 3.63) is 47.8 Å². The number of benzene rings is 2. The van der Waals surface area contributed by atoms with Gasteiger partial charge in [0.2, 0.25) is 0 Å². The molecule has 0 aromatic heterocycles. The lowest BCUT2D eigenvalue weighted by molar-refractivity contribution is 0.599. The van der Waals surface area contributed by atoms with Crippen molar-refractivity contribution in [3.63, 3.8) is 0 Å². The van der Waals surface area contributed by atoms with Gasteiger partial charge >= 0.3 is 0 Å². The first-order valence-electron chi connectivity index (χ1n) is 6.06. The van der Waals surface area contributed by atoms with Crippen molar-refractivity contribution < 1.29 is 12.8 Å². The maximum atomic E-state index is 13.3. The summed E-state index contributed by atoms with van der Waals surface area (Å²) in [5.41, 5.74) is 6.05. The Bertz CT molecular complexity index is 777. The van der Waals surface area contributed by atoms with Crippen molar-refractivity contribution >= 4 is 33.2 Å². The van der Waals surface area contributed by atoms with Gasteiger partial charge in [0, 0.05) is 4.90 Å². The molecule has 0 saturated carbocycles. The van der Waals surface area contributed by atoms with E-state index in [1.54, 1.807) is 12.1 Å². The molecule has 112 valence electrons. The predicted octanol–water partition coefficient (Wildman–Crippen LogP) is 3.24. The third-order valence-corrected chi connectivity index (χ3v) is 5.24. The minimum absolute atomic E-state index is 0.0303. The molecule has 0 aliphatic rings. The number of thioether (sulfide) groups is 1. The summed E-state index contributed by atoms with van der Waals surface area (Å²) >= 11 is 1.43. The Morgan fingerprint density at radius 1 is 1.24 bits per heavy atom. The van der Waals surface area contributed by atoms with Crippen molar-refractivity contribution in [1.82, 2.24) is 0 Å². The van der Waals surface area contributed by atoms with Crippen LogP contribution >= 0.6 is 11.8 Å². The van der Waals surface area contributed by atoms with E-state index in [-0.39, 0.29) is 10.6 Å². The second-order valence-corrected chi connectivity index (χ2v) is 6.94. The standard InChI is InChI=1S/C14H15FN2O2S2/c1-9-7-10(15)11(16)8-14(9)21(18,19)17-12-5-3-4-6-13(12)20-2/h3-8,17H,16H2,1-2H3. The highest BCUT2D eigenvalue weighted by Gasteiger charge is 2.20. The summed E-state index contributed by atoms with van der Waals surface area (Å²) in [6.07, 6.45) is 1.86.